The van der Waals surface area contributed by atoms with Gasteiger partial charge < -0.3 is 0 Å². The summed E-state index contributed by atoms with van der Waals surface area (Å²) in [5, 5.41) is 0. The third-order valence-electron chi connectivity index (χ3n) is 3.67. The third-order valence-corrected chi connectivity index (χ3v) is 3.67. The molecule has 0 N–H and O–H groups in total. The lowest BCUT2D eigenvalue weighted by Gasteiger charge is -2.31. The van der Waals surface area contributed by atoms with Gasteiger partial charge in [0.15, 0.2) is 0 Å². The molecule has 0 fully saturated rings. The number of benzene rings is 1. The molecule has 1 aliphatic carbocycles. The Morgan fingerprint density at radius 2 is 1.65 bits per heavy atom. The predicted octanol–water partition coefficient (Wildman–Crippen LogP) is 4.61. The molecule has 0 bridgehead atoms. The molecule has 0 heterocycles. The van der Waals surface area contributed by atoms with E-state index in [1.165, 1.54) is 16.7 Å². The second-order valence-corrected chi connectivity index (χ2v) is 5.87. The third kappa shape index (κ3) is 2.88. The first-order valence-electron chi connectivity index (χ1n) is 6.40. The number of allylic oxidation sites excluding steroid dienone is 4. The Kier molecular flexibility index (Phi) is 3.24. The van der Waals surface area contributed by atoms with Crippen molar-refractivity contribution in [2.75, 3.05) is 0 Å². The molecule has 17 heavy (non-hydrogen) atoms. The second kappa shape index (κ2) is 4.52. The molecule has 0 saturated heterocycles. The van der Waals surface area contributed by atoms with Gasteiger partial charge in [-0.15, -0.1) is 0 Å². The van der Waals surface area contributed by atoms with Crippen molar-refractivity contribution in [1.29, 1.82) is 0 Å². The molecule has 0 amide bonds. The predicted molar refractivity (Wildman–Crippen MR) is 75.2 cm³/mol. The molecule has 1 aromatic carbocycles. The summed E-state index contributed by atoms with van der Waals surface area (Å²) in [6, 6.07) is 6.87. The van der Waals surface area contributed by atoms with Crippen LogP contribution < -0.4 is 0 Å². The van der Waals surface area contributed by atoms with Gasteiger partial charge >= 0.3 is 0 Å². The van der Waals surface area contributed by atoms with Crippen molar-refractivity contribution in [3.05, 3.63) is 59.2 Å². The Labute approximate surface area is 105 Å². The highest BCUT2D eigenvalue weighted by molar-refractivity contribution is 5.30. The van der Waals surface area contributed by atoms with Crippen molar-refractivity contribution in [3.8, 4) is 0 Å². The standard InChI is InChI=1S/C17H22/c1-13-9-14(2)11-15(10-13)12-16-7-5-6-8-17(16,3)4/h5-11,16H,12H2,1-4H3. The first-order valence-corrected chi connectivity index (χ1v) is 6.40. The number of hydrogen-bond acceptors (Lipinski definition) is 0. The maximum Gasteiger partial charge on any atom is -0.0104 e. The summed E-state index contributed by atoms with van der Waals surface area (Å²) in [4.78, 5) is 0. The minimum Gasteiger partial charge on any atom is -0.0803 e. The van der Waals surface area contributed by atoms with Crippen molar-refractivity contribution in [2.45, 2.75) is 34.1 Å². The normalized spacial score (nSPS) is 21.8. The van der Waals surface area contributed by atoms with Crippen LogP contribution in [0.25, 0.3) is 0 Å². The van der Waals surface area contributed by atoms with Crippen LogP contribution in [0, 0.1) is 25.2 Å². The Hall–Kier alpha value is -1.30. The molecule has 0 nitrogen and oxygen atoms in total. The minimum absolute atomic E-state index is 0.270. The van der Waals surface area contributed by atoms with E-state index in [0.717, 1.165) is 6.42 Å². The van der Waals surface area contributed by atoms with Crippen LogP contribution >= 0.6 is 0 Å². The second-order valence-electron chi connectivity index (χ2n) is 5.87. The van der Waals surface area contributed by atoms with Crippen LogP contribution in [-0.2, 0) is 6.42 Å². The van der Waals surface area contributed by atoms with Crippen molar-refractivity contribution in [1.82, 2.24) is 0 Å². The molecule has 2 rings (SSSR count). The summed E-state index contributed by atoms with van der Waals surface area (Å²) >= 11 is 0. The lowest BCUT2D eigenvalue weighted by Crippen LogP contribution is -2.23. The van der Waals surface area contributed by atoms with E-state index >= 15 is 0 Å². The van der Waals surface area contributed by atoms with Gasteiger partial charge in [0.25, 0.3) is 0 Å². The van der Waals surface area contributed by atoms with Crippen molar-refractivity contribution in [3.63, 3.8) is 0 Å². The topological polar surface area (TPSA) is 0 Å². The van der Waals surface area contributed by atoms with Gasteiger partial charge in [0.05, 0.1) is 0 Å². The maximum atomic E-state index is 2.34. The van der Waals surface area contributed by atoms with Crippen LogP contribution in [0.5, 0.6) is 0 Å². The van der Waals surface area contributed by atoms with Crippen molar-refractivity contribution in [2.24, 2.45) is 11.3 Å². The van der Waals surface area contributed by atoms with Gasteiger partial charge in [0.2, 0.25) is 0 Å². The highest BCUT2D eigenvalue weighted by Crippen LogP contribution is 2.35. The van der Waals surface area contributed by atoms with Gasteiger partial charge in [0, 0.05) is 0 Å². The van der Waals surface area contributed by atoms with Crippen LogP contribution in [0.3, 0.4) is 0 Å². The summed E-state index contributed by atoms with van der Waals surface area (Å²) in [6.45, 7) is 9.00. The van der Waals surface area contributed by atoms with E-state index in [-0.39, 0.29) is 5.41 Å². The van der Waals surface area contributed by atoms with Gasteiger partial charge in [-0.1, -0.05) is 67.5 Å². The minimum atomic E-state index is 0.270. The van der Waals surface area contributed by atoms with E-state index in [0.29, 0.717) is 5.92 Å². The fourth-order valence-corrected chi connectivity index (χ4v) is 2.65. The summed E-state index contributed by atoms with van der Waals surface area (Å²) in [7, 11) is 0. The van der Waals surface area contributed by atoms with E-state index in [9.17, 15) is 0 Å². The zero-order chi connectivity index (χ0) is 12.5. The molecule has 0 spiro atoms. The van der Waals surface area contributed by atoms with Crippen LogP contribution in [-0.4, -0.2) is 0 Å². The van der Waals surface area contributed by atoms with Gasteiger partial charge in [-0.3, -0.25) is 0 Å². The Bertz CT molecular complexity index is 441. The maximum absolute atomic E-state index is 2.34. The number of aryl methyl sites for hydroxylation is 2. The lowest BCUT2D eigenvalue weighted by molar-refractivity contribution is 0.337. The van der Waals surface area contributed by atoms with Crippen LogP contribution in [0.4, 0.5) is 0 Å². The van der Waals surface area contributed by atoms with E-state index in [4.69, 9.17) is 0 Å². The molecule has 0 radical (unpaired) electrons. The Morgan fingerprint density at radius 1 is 1.00 bits per heavy atom. The summed E-state index contributed by atoms with van der Waals surface area (Å²) in [5.74, 6) is 0.605. The van der Waals surface area contributed by atoms with E-state index in [1.54, 1.807) is 0 Å². The van der Waals surface area contributed by atoms with E-state index < -0.39 is 0 Å². The quantitative estimate of drug-likeness (QED) is 0.690. The van der Waals surface area contributed by atoms with Gasteiger partial charge in [0.1, 0.15) is 0 Å². The highest BCUT2D eigenvalue weighted by atomic mass is 14.3. The molecule has 0 aliphatic heterocycles. The molecule has 0 aromatic heterocycles. The highest BCUT2D eigenvalue weighted by Gasteiger charge is 2.26. The monoisotopic (exact) mass is 226 g/mol. The number of rotatable bonds is 2. The average molecular weight is 226 g/mol. The summed E-state index contributed by atoms with van der Waals surface area (Å²) in [6.07, 6.45) is 10.1. The number of hydrogen-bond donors (Lipinski definition) is 0. The van der Waals surface area contributed by atoms with Crippen LogP contribution in [0.2, 0.25) is 0 Å². The molecule has 1 atom stereocenters. The van der Waals surface area contributed by atoms with Crippen LogP contribution in [0.1, 0.15) is 30.5 Å². The van der Waals surface area contributed by atoms with Crippen LogP contribution in [0.15, 0.2) is 42.5 Å². The van der Waals surface area contributed by atoms with E-state index in [2.05, 4.69) is 70.2 Å². The molecule has 0 heteroatoms. The first-order chi connectivity index (χ1) is 7.97. The Balaban J connectivity index is 2.21. The SMILES string of the molecule is Cc1cc(C)cc(CC2C=CC=CC2(C)C)c1. The van der Waals surface area contributed by atoms with E-state index in [1.807, 2.05) is 0 Å². The van der Waals surface area contributed by atoms with Gasteiger partial charge in [-0.25, -0.2) is 0 Å². The van der Waals surface area contributed by atoms with Crippen molar-refractivity contribution >= 4 is 0 Å². The smallest absolute Gasteiger partial charge is 0.0104 e. The largest absolute Gasteiger partial charge is 0.0803 e. The zero-order valence-electron chi connectivity index (χ0n) is 11.3. The van der Waals surface area contributed by atoms with Gasteiger partial charge in [-0.05, 0) is 37.2 Å². The fraction of sp³-hybridized carbons (Fsp3) is 0.412. The zero-order valence-corrected chi connectivity index (χ0v) is 11.3. The molecule has 1 unspecified atom stereocenters. The average Bonchev–Trinajstić information content (AvgIpc) is 2.19. The summed E-state index contributed by atoms with van der Waals surface area (Å²) in [5.41, 5.74) is 4.47. The molecular formula is C17H22. The first kappa shape index (κ1) is 12.2. The molecule has 90 valence electrons. The Morgan fingerprint density at radius 3 is 2.24 bits per heavy atom. The lowest BCUT2D eigenvalue weighted by atomic mass is 9.73. The summed E-state index contributed by atoms with van der Waals surface area (Å²) < 4.78 is 0. The molecule has 1 aromatic rings. The van der Waals surface area contributed by atoms with Crippen molar-refractivity contribution < 1.29 is 0 Å². The fourth-order valence-electron chi connectivity index (χ4n) is 2.65. The molecular weight excluding hydrogens is 204 g/mol. The van der Waals surface area contributed by atoms with Gasteiger partial charge in [-0.2, -0.15) is 0 Å². The molecule has 1 aliphatic rings. The molecule has 0 saturated carbocycles.